The Labute approximate surface area is 118 Å². The van der Waals surface area contributed by atoms with Crippen LogP contribution in [0.2, 0.25) is 0 Å². The fourth-order valence-electron chi connectivity index (χ4n) is 3.01. The van der Waals surface area contributed by atoms with Gasteiger partial charge < -0.3 is 15.0 Å². The van der Waals surface area contributed by atoms with Gasteiger partial charge in [0, 0.05) is 20.0 Å². The molecule has 0 saturated carbocycles. The fourth-order valence-corrected chi connectivity index (χ4v) is 3.01. The van der Waals surface area contributed by atoms with E-state index in [1.807, 2.05) is 14.0 Å². The molecule has 20 heavy (non-hydrogen) atoms. The number of ether oxygens (including phenoxy) is 1. The Hall–Kier alpha value is -1.98. The van der Waals surface area contributed by atoms with Gasteiger partial charge in [0.25, 0.3) is 0 Å². The molecule has 1 atom stereocenters. The second-order valence-electron chi connectivity index (χ2n) is 5.61. The van der Waals surface area contributed by atoms with Crippen LogP contribution >= 0.6 is 0 Å². The number of nitrogens with zero attached hydrogens (tertiary/aromatic N) is 4. The highest BCUT2D eigenvalue weighted by molar-refractivity contribution is 5.77. The summed E-state index contributed by atoms with van der Waals surface area (Å²) in [5.41, 5.74) is 8.92. The Bertz CT molecular complexity index is 655. The third kappa shape index (κ3) is 1.78. The van der Waals surface area contributed by atoms with Crippen molar-refractivity contribution in [3.63, 3.8) is 0 Å². The average Bonchev–Trinajstić information content (AvgIpc) is 2.87. The zero-order chi connectivity index (χ0) is 14.4. The second-order valence-corrected chi connectivity index (χ2v) is 5.61. The maximum absolute atomic E-state index is 6.33. The van der Waals surface area contributed by atoms with Gasteiger partial charge >= 0.3 is 0 Å². The topological polar surface area (TPSA) is 70.9 Å². The van der Waals surface area contributed by atoms with Crippen LogP contribution in [0.1, 0.15) is 24.9 Å². The predicted molar refractivity (Wildman–Crippen MR) is 77.6 cm³/mol. The zero-order valence-electron chi connectivity index (χ0n) is 12.5. The molecule has 2 aromatic rings. The molecule has 2 N–H and O–H groups in total. The van der Waals surface area contributed by atoms with Crippen molar-refractivity contribution in [1.82, 2.24) is 19.3 Å². The van der Waals surface area contributed by atoms with E-state index in [4.69, 9.17) is 15.5 Å². The highest BCUT2D eigenvalue weighted by Gasteiger charge is 2.26. The van der Waals surface area contributed by atoms with E-state index in [0.717, 1.165) is 41.6 Å². The van der Waals surface area contributed by atoms with Crippen molar-refractivity contribution in [1.29, 1.82) is 0 Å². The molecule has 0 amide bonds. The van der Waals surface area contributed by atoms with Gasteiger partial charge in [0.2, 0.25) is 5.88 Å². The predicted octanol–water partition coefficient (Wildman–Crippen LogP) is 1.77. The van der Waals surface area contributed by atoms with Gasteiger partial charge in [0.15, 0.2) is 0 Å². The molecule has 6 nitrogen and oxygen atoms in total. The number of rotatable bonds is 2. The third-order valence-electron chi connectivity index (χ3n) is 4.04. The summed E-state index contributed by atoms with van der Waals surface area (Å²) in [6, 6.07) is 0. The number of imidazole rings is 1. The number of aromatic nitrogens is 4. The standard InChI is InChI=1S/C14H21N5O/c1-8-5-6-10-16-12(13(15)19(10)7-8)11-9(2)17-18(3)14(11)20-4/h8H,5-7,15H2,1-4H3. The number of methoxy groups -OCH3 is 1. The lowest BCUT2D eigenvalue weighted by Gasteiger charge is -2.20. The molecule has 2 aromatic heterocycles. The van der Waals surface area contributed by atoms with Gasteiger partial charge in [-0.2, -0.15) is 5.10 Å². The van der Waals surface area contributed by atoms with E-state index >= 15 is 0 Å². The molecule has 0 fully saturated rings. The summed E-state index contributed by atoms with van der Waals surface area (Å²) in [5, 5.41) is 4.41. The molecule has 108 valence electrons. The summed E-state index contributed by atoms with van der Waals surface area (Å²) in [6.07, 6.45) is 2.14. The smallest absolute Gasteiger partial charge is 0.221 e. The number of hydrogen-bond acceptors (Lipinski definition) is 4. The normalized spacial score (nSPS) is 18.1. The third-order valence-corrected chi connectivity index (χ3v) is 4.04. The minimum Gasteiger partial charge on any atom is -0.481 e. The molecule has 1 unspecified atom stereocenters. The lowest BCUT2D eigenvalue weighted by molar-refractivity contribution is 0.374. The SMILES string of the molecule is COc1c(-c2nc3n(c2N)CC(C)CC3)c(C)nn1C. The lowest BCUT2D eigenvalue weighted by Crippen LogP contribution is -2.19. The average molecular weight is 275 g/mol. The first-order valence-corrected chi connectivity index (χ1v) is 6.95. The van der Waals surface area contributed by atoms with Crippen molar-refractivity contribution < 1.29 is 4.74 Å². The van der Waals surface area contributed by atoms with E-state index in [2.05, 4.69) is 16.6 Å². The quantitative estimate of drug-likeness (QED) is 0.906. The van der Waals surface area contributed by atoms with E-state index in [0.29, 0.717) is 11.8 Å². The molecule has 0 spiro atoms. The van der Waals surface area contributed by atoms with E-state index in [1.165, 1.54) is 6.42 Å². The van der Waals surface area contributed by atoms with Crippen LogP contribution in [-0.4, -0.2) is 26.4 Å². The first kappa shape index (κ1) is 13.0. The number of anilines is 1. The largest absolute Gasteiger partial charge is 0.481 e. The lowest BCUT2D eigenvalue weighted by atomic mass is 10.0. The van der Waals surface area contributed by atoms with Crippen molar-refractivity contribution in [2.45, 2.75) is 33.2 Å². The Kier molecular flexibility index (Phi) is 2.96. The fraction of sp³-hybridized carbons (Fsp3) is 0.571. The summed E-state index contributed by atoms with van der Waals surface area (Å²) in [7, 11) is 3.51. The molecular formula is C14H21N5O. The highest BCUT2D eigenvalue weighted by atomic mass is 16.5. The van der Waals surface area contributed by atoms with E-state index in [-0.39, 0.29) is 0 Å². The summed E-state index contributed by atoms with van der Waals surface area (Å²) < 4.78 is 9.32. The van der Waals surface area contributed by atoms with Crippen LogP contribution in [-0.2, 0) is 20.0 Å². The van der Waals surface area contributed by atoms with E-state index in [9.17, 15) is 0 Å². The Balaban J connectivity index is 2.17. The highest BCUT2D eigenvalue weighted by Crippen LogP contribution is 2.37. The van der Waals surface area contributed by atoms with E-state index in [1.54, 1.807) is 11.8 Å². The Morgan fingerprint density at radius 1 is 1.40 bits per heavy atom. The minimum absolute atomic E-state index is 0.642. The Morgan fingerprint density at radius 3 is 2.85 bits per heavy atom. The van der Waals surface area contributed by atoms with Crippen LogP contribution in [0.5, 0.6) is 5.88 Å². The molecular weight excluding hydrogens is 254 g/mol. The van der Waals surface area contributed by atoms with Crippen molar-refractivity contribution in [2.75, 3.05) is 12.8 Å². The van der Waals surface area contributed by atoms with E-state index < -0.39 is 0 Å². The monoisotopic (exact) mass is 275 g/mol. The van der Waals surface area contributed by atoms with Gasteiger partial charge in [0.1, 0.15) is 17.3 Å². The molecule has 0 aromatic carbocycles. The molecule has 0 saturated heterocycles. The van der Waals surface area contributed by atoms with Crippen LogP contribution in [0.4, 0.5) is 5.82 Å². The number of fused-ring (bicyclic) bond motifs is 1. The maximum atomic E-state index is 6.33. The minimum atomic E-state index is 0.642. The molecule has 1 aliphatic heterocycles. The molecule has 0 bridgehead atoms. The summed E-state index contributed by atoms with van der Waals surface area (Å²) >= 11 is 0. The van der Waals surface area contributed by atoms with Crippen LogP contribution in [0, 0.1) is 12.8 Å². The van der Waals surface area contributed by atoms with Crippen LogP contribution < -0.4 is 10.5 Å². The first-order valence-electron chi connectivity index (χ1n) is 6.95. The second kappa shape index (κ2) is 4.54. The number of nitrogens with two attached hydrogens (primary N) is 1. The molecule has 0 aliphatic carbocycles. The van der Waals surface area contributed by atoms with Crippen LogP contribution in [0.15, 0.2) is 0 Å². The van der Waals surface area contributed by atoms with Crippen molar-refractivity contribution in [3.8, 4) is 17.1 Å². The van der Waals surface area contributed by atoms with Gasteiger partial charge in [-0.05, 0) is 19.3 Å². The molecule has 1 aliphatic rings. The molecule has 6 heteroatoms. The molecule has 3 rings (SSSR count). The summed E-state index contributed by atoms with van der Waals surface area (Å²) in [5.74, 6) is 3.14. The summed E-state index contributed by atoms with van der Waals surface area (Å²) in [4.78, 5) is 4.74. The van der Waals surface area contributed by atoms with Crippen molar-refractivity contribution in [3.05, 3.63) is 11.5 Å². The van der Waals surface area contributed by atoms with Crippen molar-refractivity contribution in [2.24, 2.45) is 13.0 Å². The van der Waals surface area contributed by atoms with Gasteiger partial charge in [-0.15, -0.1) is 0 Å². The molecule has 0 radical (unpaired) electrons. The van der Waals surface area contributed by atoms with Crippen LogP contribution in [0.25, 0.3) is 11.3 Å². The zero-order valence-corrected chi connectivity index (χ0v) is 12.5. The Morgan fingerprint density at radius 2 is 2.15 bits per heavy atom. The van der Waals surface area contributed by atoms with Gasteiger partial charge in [-0.1, -0.05) is 6.92 Å². The van der Waals surface area contributed by atoms with Crippen LogP contribution in [0.3, 0.4) is 0 Å². The molecule has 3 heterocycles. The number of aryl methyl sites for hydroxylation is 3. The van der Waals surface area contributed by atoms with Gasteiger partial charge in [-0.3, -0.25) is 0 Å². The summed E-state index contributed by atoms with van der Waals surface area (Å²) in [6.45, 7) is 5.14. The maximum Gasteiger partial charge on any atom is 0.221 e. The first-order chi connectivity index (χ1) is 9.52. The number of nitrogen functional groups attached to an aromatic ring is 1. The van der Waals surface area contributed by atoms with Gasteiger partial charge in [-0.25, -0.2) is 9.67 Å². The van der Waals surface area contributed by atoms with Crippen molar-refractivity contribution >= 4 is 5.82 Å². The number of hydrogen-bond donors (Lipinski definition) is 1. The van der Waals surface area contributed by atoms with Gasteiger partial charge in [0.05, 0.1) is 18.4 Å².